The van der Waals surface area contributed by atoms with Gasteiger partial charge in [-0.25, -0.2) is 4.79 Å². The average Bonchev–Trinajstić information content (AvgIpc) is 2.54. The van der Waals surface area contributed by atoms with Gasteiger partial charge in [0.1, 0.15) is 6.04 Å². The molecule has 0 heterocycles. The SMILES string of the molecule is CCCCCCCC(=O)N(C(C)CC)C(C)C(=O)OC(C)CC. The highest BCUT2D eigenvalue weighted by Crippen LogP contribution is 2.16. The molecular formula is C19H37NO3. The van der Waals surface area contributed by atoms with E-state index >= 15 is 0 Å². The van der Waals surface area contributed by atoms with E-state index in [0.717, 1.165) is 25.7 Å². The minimum Gasteiger partial charge on any atom is -0.461 e. The van der Waals surface area contributed by atoms with E-state index < -0.39 is 6.04 Å². The van der Waals surface area contributed by atoms with Gasteiger partial charge in [-0.15, -0.1) is 0 Å². The zero-order valence-corrected chi connectivity index (χ0v) is 16.1. The fourth-order valence-electron chi connectivity index (χ4n) is 2.54. The van der Waals surface area contributed by atoms with Gasteiger partial charge in [0.25, 0.3) is 0 Å². The van der Waals surface area contributed by atoms with E-state index in [-0.39, 0.29) is 24.0 Å². The normalized spacial score (nSPS) is 14.9. The highest BCUT2D eigenvalue weighted by atomic mass is 16.5. The third-order valence-electron chi connectivity index (χ3n) is 4.50. The monoisotopic (exact) mass is 327 g/mol. The van der Waals surface area contributed by atoms with Gasteiger partial charge in [-0.1, -0.05) is 46.5 Å². The molecule has 0 aliphatic heterocycles. The van der Waals surface area contributed by atoms with Crippen LogP contribution in [0, 0.1) is 0 Å². The number of hydrogen-bond donors (Lipinski definition) is 0. The minimum absolute atomic E-state index is 0.0534. The van der Waals surface area contributed by atoms with E-state index in [0.29, 0.717) is 6.42 Å². The lowest BCUT2D eigenvalue weighted by atomic mass is 10.1. The lowest BCUT2D eigenvalue weighted by molar-refractivity contribution is -0.160. The lowest BCUT2D eigenvalue weighted by Crippen LogP contribution is -2.49. The van der Waals surface area contributed by atoms with Crippen molar-refractivity contribution < 1.29 is 14.3 Å². The van der Waals surface area contributed by atoms with Gasteiger partial charge in [0.05, 0.1) is 6.10 Å². The Balaban J connectivity index is 4.66. The lowest BCUT2D eigenvalue weighted by Gasteiger charge is -2.33. The summed E-state index contributed by atoms with van der Waals surface area (Å²) in [5.74, 6) is -0.219. The van der Waals surface area contributed by atoms with Crippen molar-refractivity contribution in [3.63, 3.8) is 0 Å². The maximum absolute atomic E-state index is 12.6. The molecule has 0 fully saturated rings. The second-order valence-electron chi connectivity index (χ2n) is 6.55. The Bertz CT molecular complexity index is 344. The summed E-state index contributed by atoms with van der Waals surface area (Å²) in [6.45, 7) is 11.9. The summed E-state index contributed by atoms with van der Waals surface area (Å²) in [6, 6.07) is -0.459. The van der Waals surface area contributed by atoms with Crippen molar-refractivity contribution in [1.82, 2.24) is 4.90 Å². The van der Waals surface area contributed by atoms with Crippen LogP contribution < -0.4 is 0 Å². The van der Waals surface area contributed by atoms with E-state index in [9.17, 15) is 9.59 Å². The number of carbonyl (C=O) groups is 2. The minimum atomic E-state index is -0.512. The Kier molecular flexibility index (Phi) is 11.8. The maximum Gasteiger partial charge on any atom is 0.328 e. The molecule has 0 aliphatic carbocycles. The number of esters is 1. The summed E-state index contributed by atoms with van der Waals surface area (Å²) in [5.41, 5.74) is 0. The number of unbranched alkanes of at least 4 members (excludes halogenated alkanes) is 4. The van der Waals surface area contributed by atoms with Crippen LogP contribution in [0.2, 0.25) is 0 Å². The molecule has 0 saturated heterocycles. The number of amides is 1. The van der Waals surface area contributed by atoms with Gasteiger partial charge in [0.15, 0.2) is 0 Å². The molecule has 0 bridgehead atoms. The number of hydrogen-bond acceptors (Lipinski definition) is 3. The van der Waals surface area contributed by atoms with Crippen LogP contribution in [-0.2, 0) is 14.3 Å². The Morgan fingerprint density at radius 1 is 0.913 bits per heavy atom. The van der Waals surface area contributed by atoms with Crippen LogP contribution >= 0.6 is 0 Å². The molecular weight excluding hydrogens is 290 g/mol. The summed E-state index contributed by atoms with van der Waals surface area (Å²) in [5, 5.41) is 0. The van der Waals surface area contributed by atoms with Gasteiger partial charge in [-0.05, 0) is 40.0 Å². The van der Waals surface area contributed by atoms with Crippen LogP contribution in [0.5, 0.6) is 0 Å². The second-order valence-corrected chi connectivity index (χ2v) is 6.55. The summed E-state index contributed by atoms with van der Waals surface area (Å²) in [4.78, 5) is 26.6. The van der Waals surface area contributed by atoms with Crippen LogP contribution in [0.25, 0.3) is 0 Å². The van der Waals surface area contributed by atoms with Gasteiger partial charge in [0.2, 0.25) is 5.91 Å². The predicted octanol–water partition coefficient (Wildman–Crippen LogP) is 4.70. The molecule has 0 aliphatic rings. The van der Waals surface area contributed by atoms with Gasteiger partial charge >= 0.3 is 5.97 Å². The fourth-order valence-corrected chi connectivity index (χ4v) is 2.54. The first-order valence-corrected chi connectivity index (χ1v) is 9.40. The molecule has 0 spiro atoms. The van der Waals surface area contributed by atoms with E-state index in [1.165, 1.54) is 19.3 Å². The van der Waals surface area contributed by atoms with Crippen molar-refractivity contribution in [3.05, 3.63) is 0 Å². The predicted molar refractivity (Wildman–Crippen MR) is 95.3 cm³/mol. The molecule has 3 unspecified atom stereocenters. The molecule has 0 radical (unpaired) electrons. The zero-order chi connectivity index (χ0) is 17.8. The number of ether oxygens (including phenoxy) is 1. The molecule has 4 nitrogen and oxygen atoms in total. The Morgan fingerprint density at radius 3 is 2.04 bits per heavy atom. The van der Waals surface area contributed by atoms with Crippen molar-refractivity contribution in [3.8, 4) is 0 Å². The fraction of sp³-hybridized carbons (Fsp3) is 0.895. The third-order valence-corrected chi connectivity index (χ3v) is 4.50. The van der Waals surface area contributed by atoms with Gasteiger partial charge in [0, 0.05) is 12.5 Å². The van der Waals surface area contributed by atoms with Crippen LogP contribution in [0.1, 0.15) is 92.9 Å². The van der Waals surface area contributed by atoms with E-state index in [1.807, 2.05) is 27.7 Å². The Morgan fingerprint density at radius 2 is 1.52 bits per heavy atom. The molecule has 136 valence electrons. The largest absolute Gasteiger partial charge is 0.461 e. The number of carbonyl (C=O) groups excluding carboxylic acids is 2. The molecule has 0 saturated carbocycles. The molecule has 3 atom stereocenters. The summed E-state index contributed by atoms with van der Waals surface area (Å²) in [7, 11) is 0. The Hall–Kier alpha value is -1.06. The summed E-state index contributed by atoms with van der Waals surface area (Å²) < 4.78 is 5.41. The van der Waals surface area contributed by atoms with Gasteiger partial charge < -0.3 is 9.64 Å². The van der Waals surface area contributed by atoms with Crippen molar-refractivity contribution in [2.24, 2.45) is 0 Å². The van der Waals surface area contributed by atoms with Gasteiger partial charge in [-0.3, -0.25) is 4.79 Å². The molecule has 0 N–H and O–H groups in total. The summed E-state index contributed by atoms with van der Waals surface area (Å²) in [6.07, 6.45) is 7.63. The van der Waals surface area contributed by atoms with Crippen LogP contribution in [0.3, 0.4) is 0 Å². The highest BCUT2D eigenvalue weighted by Gasteiger charge is 2.30. The zero-order valence-electron chi connectivity index (χ0n) is 16.1. The topological polar surface area (TPSA) is 46.6 Å². The van der Waals surface area contributed by atoms with E-state index in [4.69, 9.17) is 4.74 Å². The first-order valence-electron chi connectivity index (χ1n) is 9.40. The van der Waals surface area contributed by atoms with Crippen molar-refractivity contribution in [2.75, 3.05) is 0 Å². The molecule has 0 aromatic heterocycles. The standard InChI is InChI=1S/C19H37NO3/c1-7-10-11-12-13-14-18(21)20(15(4)8-2)17(6)19(22)23-16(5)9-3/h15-17H,7-14H2,1-6H3. The Labute approximate surface area is 143 Å². The average molecular weight is 328 g/mol. The van der Waals surface area contributed by atoms with Gasteiger partial charge in [-0.2, -0.15) is 0 Å². The van der Waals surface area contributed by atoms with E-state index in [2.05, 4.69) is 6.92 Å². The first-order chi connectivity index (χ1) is 10.9. The molecule has 0 aromatic rings. The molecule has 23 heavy (non-hydrogen) atoms. The molecule has 0 aromatic carbocycles. The van der Waals surface area contributed by atoms with Crippen LogP contribution in [0.4, 0.5) is 0 Å². The summed E-state index contributed by atoms with van der Waals surface area (Å²) >= 11 is 0. The van der Waals surface area contributed by atoms with Crippen LogP contribution in [0.15, 0.2) is 0 Å². The first kappa shape index (κ1) is 21.9. The van der Waals surface area contributed by atoms with Crippen molar-refractivity contribution in [1.29, 1.82) is 0 Å². The molecule has 1 amide bonds. The quantitative estimate of drug-likeness (QED) is 0.385. The second kappa shape index (κ2) is 12.4. The molecule has 0 rings (SSSR count). The molecule has 4 heteroatoms. The van der Waals surface area contributed by atoms with Crippen molar-refractivity contribution >= 4 is 11.9 Å². The van der Waals surface area contributed by atoms with E-state index in [1.54, 1.807) is 11.8 Å². The highest BCUT2D eigenvalue weighted by molar-refractivity contribution is 5.84. The third kappa shape index (κ3) is 8.38. The van der Waals surface area contributed by atoms with Crippen molar-refractivity contribution in [2.45, 2.75) is 111 Å². The smallest absolute Gasteiger partial charge is 0.328 e. The number of nitrogens with zero attached hydrogens (tertiary/aromatic N) is 1. The van der Waals surface area contributed by atoms with Crippen LogP contribution in [-0.4, -0.2) is 35.0 Å². The maximum atomic E-state index is 12.6. The number of rotatable bonds is 12.